The summed E-state index contributed by atoms with van der Waals surface area (Å²) in [6.45, 7) is 1.93. The fourth-order valence-electron chi connectivity index (χ4n) is 0.658. The van der Waals surface area contributed by atoms with E-state index in [1.165, 1.54) is 6.26 Å². The Labute approximate surface area is 70.3 Å². The zero-order chi connectivity index (χ0) is 8.81. The lowest BCUT2D eigenvalue weighted by Gasteiger charge is -1.92. The number of hydrazone groups is 1. The van der Waals surface area contributed by atoms with Crippen molar-refractivity contribution in [1.82, 2.24) is 5.43 Å². The van der Waals surface area contributed by atoms with E-state index in [4.69, 9.17) is 4.42 Å². The predicted molar refractivity (Wildman–Crippen MR) is 45.0 cm³/mol. The molecule has 1 aromatic rings. The maximum absolute atomic E-state index is 11.1. The number of furan rings is 1. The van der Waals surface area contributed by atoms with Gasteiger partial charge < -0.3 is 4.42 Å². The van der Waals surface area contributed by atoms with Crippen LogP contribution in [0.3, 0.4) is 0 Å². The third-order valence-corrected chi connectivity index (χ3v) is 1.18. The van der Waals surface area contributed by atoms with Crippen LogP contribution in [0.2, 0.25) is 0 Å². The summed E-state index contributed by atoms with van der Waals surface area (Å²) in [6, 6.07) is 3.23. The Balaban J connectivity index is 2.45. The summed E-state index contributed by atoms with van der Waals surface area (Å²) >= 11 is 0. The molecule has 1 amide bonds. The van der Waals surface area contributed by atoms with Crippen LogP contribution in [0.15, 0.2) is 27.9 Å². The molecule has 0 aliphatic carbocycles. The largest absolute Gasteiger partial charge is 0.459 e. The third-order valence-electron chi connectivity index (χ3n) is 1.18. The molecule has 0 spiro atoms. The van der Waals surface area contributed by atoms with Crippen LogP contribution in [0.4, 0.5) is 0 Å². The van der Waals surface area contributed by atoms with Crippen LogP contribution in [-0.4, -0.2) is 12.1 Å². The van der Waals surface area contributed by atoms with E-state index in [1.54, 1.807) is 18.3 Å². The first-order chi connectivity index (χ1) is 5.84. The van der Waals surface area contributed by atoms with Gasteiger partial charge in [-0.2, -0.15) is 5.10 Å². The van der Waals surface area contributed by atoms with Gasteiger partial charge in [-0.3, -0.25) is 4.79 Å². The number of nitrogens with one attached hydrogen (secondary N) is 1. The van der Waals surface area contributed by atoms with Crippen molar-refractivity contribution in [3.63, 3.8) is 0 Å². The summed E-state index contributed by atoms with van der Waals surface area (Å²) in [6.07, 6.45) is 3.84. The minimum Gasteiger partial charge on any atom is -0.459 e. The highest BCUT2D eigenvalue weighted by molar-refractivity contribution is 5.91. The van der Waals surface area contributed by atoms with Crippen LogP contribution in [0.25, 0.3) is 0 Å². The fraction of sp³-hybridized carbons (Fsp3) is 0.250. The molecule has 0 unspecified atom stereocenters. The van der Waals surface area contributed by atoms with Gasteiger partial charge in [-0.1, -0.05) is 6.92 Å². The average molecular weight is 166 g/mol. The van der Waals surface area contributed by atoms with Gasteiger partial charge in [0.2, 0.25) is 0 Å². The second kappa shape index (κ2) is 4.33. The molecule has 0 saturated carbocycles. The van der Waals surface area contributed by atoms with Crippen molar-refractivity contribution < 1.29 is 9.21 Å². The van der Waals surface area contributed by atoms with E-state index in [1.807, 2.05) is 6.92 Å². The lowest BCUT2D eigenvalue weighted by atomic mass is 10.4. The molecule has 1 aromatic heterocycles. The minimum atomic E-state index is -0.329. The van der Waals surface area contributed by atoms with Gasteiger partial charge in [-0.15, -0.1) is 0 Å². The van der Waals surface area contributed by atoms with Crippen molar-refractivity contribution in [3.05, 3.63) is 24.2 Å². The van der Waals surface area contributed by atoms with Crippen LogP contribution in [0.1, 0.15) is 23.9 Å². The summed E-state index contributed by atoms with van der Waals surface area (Å²) in [4.78, 5) is 11.1. The topological polar surface area (TPSA) is 54.6 Å². The van der Waals surface area contributed by atoms with Crippen molar-refractivity contribution in [1.29, 1.82) is 0 Å². The Kier molecular flexibility index (Phi) is 3.07. The Bertz CT molecular complexity index is 265. The van der Waals surface area contributed by atoms with Gasteiger partial charge in [0.25, 0.3) is 0 Å². The highest BCUT2D eigenvalue weighted by Crippen LogP contribution is 1.98. The number of rotatable bonds is 3. The normalized spacial score (nSPS) is 10.4. The van der Waals surface area contributed by atoms with E-state index < -0.39 is 0 Å². The highest BCUT2D eigenvalue weighted by atomic mass is 16.3. The maximum Gasteiger partial charge on any atom is 0.307 e. The van der Waals surface area contributed by atoms with Crippen molar-refractivity contribution in [2.75, 3.05) is 0 Å². The first kappa shape index (κ1) is 8.52. The molecule has 0 fully saturated rings. The van der Waals surface area contributed by atoms with Crippen LogP contribution in [0.5, 0.6) is 0 Å². The number of carbonyl (C=O) groups is 1. The van der Waals surface area contributed by atoms with E-state index in [-0.39, 0.29) is 11.7 Å². The summed E-state index contributed by atoms with van der Waals surface area (Å²) in [5, 5.41) is 3.66. The second-order valence-electron chi connectivity index (χ2n) is 2.14. The molecule has 0 radical (unpaired) electrons. The molecule has 0 aromatic carbocycles. The number of hydrogen-bond donors (Lipinski definition) is 1. The van der Waals surface area contributed by atoms with Crippen molar-refractivity contribution in [2.24, 2.45) is 5.10 Å². The van der Waals surface area contributed by atoms with Crippen LogP contribution in [-0.2, 0) is 0 Å². The van der Waals surface area contributed by atoms with E-state index in [2.05, 4.69) is 10.5 Å². The molecule has 4 nitrogen and oxygen atoms in total. The molecule has 1 heterocycles. The molecule has 0 saturated heterocycles. The van der Waals surface area contributed by atoms with E-state index in [9.17, 15) is 4.79 Å². The van der Waals surface area contributed by atoms with Crippen molar-refractivity contribution in [2.45, 2.75) is 13.3 Å². The molecule has 1 N–H and O–H groups in total. The Morgan fingerprint density at radius 2 is 2.67 bits per heavy atom. The standard InChI is InChI=1S/C8H10N2O2/c1-2-5-9-10-8(11)7-4-3-6-12-7/h3-6H,2H2,1H3,(H,10,11)/b9-5+. The second-order valence-corrected chi connectivity index (χ2v) is 2.14. The fourth-order valence-corrected chi connectivity index (χ4v) is 0.658. The zero-order valence-electron chi connectivity index (χ0n) is 6.78. The molecule has 0 aliphatic heterocycles. The van der Waals surface area contributed by atoms with Gasteiger partial charge in [0.05, 0.1) is 6.26 Å². The Morgan fingerprint density at radius 3 is 3.25 bits per heavy atom. The van der Waals surface area contributed by atoms with Gasteiger partial charge in [0, 0.05) is 6.21 Å². The molecule has 0 atom stereocenters. The van der Waals surface area contributed by atoms with E-state index >= 15 is 0 Å². The quantitative estimate of drug-likeness (QED) is 0.545. The first-order valence-corrected chi connectivity index (χ1v) is 3.70. The van der Waals surface area contributed by atoms with Gasteiger partial charge in [0.1, 0.15) is 0 Å². The Hall–Kier alpha value is -1.58. The van der Waals surface area contributed by atoms with Gasteiger partial charge in [-0.25, -0.2) is 5.43 Å². The molecule has 0 aliphatic rings. The zero-order valence-corrected chi connectivity index (χ0v) is 6.78. The van der Waals surface area contributed by atoms with Crippen molar-refractivity contribution >= 4 is 12.1 Å². The Morgan fingerprint density at radius 1 is 1.83 bits per heavy atom. The SMILES string of the molecule is CC/C=N/NC(=O)c1ccco1. The van der Waals surface area contributed by atoms with Crippen LogP contribution in [0, 0.1) is 0 Å². The number of carbonyl (C=O) groups excluding carboxylic acids is 1. The summed E-state index contributed by atoms with van der Waals surface area (Å²) in [7, 11) is 0. The van der Waals surface area contributed by atoms with Gasteiger partial charge in [0.15, 0.2) is 5.76 Å². The first-order valence-electron chi connectivity index (χ1n) is 3.70. The minimum absolute atomic E-state index is 0.267. The highest BCUT2D eigenvalue weighted by Gasteiger charge is 2.05. The lowest BCUT2D eigenvalue weighted by molar-refractivity contribution is 0.0927. The third kappa shape index (κ3) is 2.23. The number of nitrogens with zero attached hydrogens (tertiary/aromatic N) is 1. The van der Waals surface area contributed by atoms with Crippen molar-refractivity contribution in [3.8, 4) is 0 Å². The monoisotopic (exact) mass is 166 g/mol. The maximum atomic E-state index is 11.1. The van der Waals surface area contributed by atoms with Gasteiger partial charge in [-0.05, 0) is 18.6 Å². The average Bonchev–Trinajstić information content (AvgIpc) is 2.56. The summed E-state index contributed by atoms with van der Waals surface area (Å²) in [5.74, 6) is -0.0621. The molecule has 4 heteroatoms. The number of hydrogen-bond acceptors (Lipinski definition) is 3. The number of amides is 1. The lowest BCUT2D eigenvalue weighted by Crippen LogP contribution is -2.16. The molecular weight excluding hydrogens is 156 g/mol. The summed E-state index contributed by atoms with van der Waals surface area (Å²) < 4.78 is 4.84. The van der Waals surface area contributed by atoms with Crippen LogP contribution < -0.4 is 5.43 Å². The molecule has 0 bridgehead atoms. The molecule has 1 rings (SSSR count). The smallest absolute Gasteiger partial charge is 0.307 e. The van der Waals surface area contributed by atoms with Gasteiger partial charge >= 0.3 is 5.91 Å². The molecular formula is C8H10N2O2. The van der Waals surface area contributed by atoms with Crippen LogP contribution >= 0.6 is 0 Å². The van der Waals surface area contributed by atoms with E-state index in [0.29, 0.717) is 0 Å². The molecule has 64 valence electrons. The summed E-state index contributed by atoms with van der Waals surface area (Å²) in [5.41, 5.74) is 2.32. The molecule has 12 heavy (non-hydrogen) atoms. The van der Waals surface area contributed by atoms with E-state index in [0.717, 1.165) is 6.42 Å². The predicted octanol–water partition coefficient (Wildman–Crippen LogP) is 1.41.